The molecule has 0 aromatic heterocycles. The highest BCUT2D eigenvalue weighted by atomic mass is 16.6. The van der Waals surface area contributed by atoms with Gasteiger partial charge in [-0.15, -0.1) is 0 Å². The standard InChI is InChI=1S/C84H156N4O18/c1-5-9-13-17-21-25-29-33-37-41-45-49-55-72(56-50-46-42-38-34-30-26-22-18-14-10-6-2)82(100)104-70-74(106-83(101)73(57-51-47-43-39-35-31-27-23-19-15-11-7-3)58-52-48-44-40-36-32-28-24-20-16-12-8-4)71-105-84(102)85-59-53-54-64-103-80(97)65-75(81(98)99)88(62-60-86(66-76(89)90)67-77(91)92)63-61-87(68-78(93)94)69-79(95)96/h72-75H,5-71H2,1-4H3,(H,85,102)(H,89,90)(H,91,92)(H,93,94)(H,95,96)(H,98,99). The van der Waals surface area contributed by atoms with Crippen LogP contribution >= 0.6 is 0 Å². The van der Waals surface area contributed by atoms with Crippen molar-refractivity contribution in [1.82, 2.24) is 20.0 Å². The summed E-state index contributed by atoms with van der Waals surface area (Å²) in [5, 5.41) is 50.6. The normalized spacial score (nSPS) is 12.2. The first-order valence-corrected chi connectivity index (χ1v) is 43.1. The first-order valence-electron chi connectivity index (χ1n) is 43.1. The van der Waals surface area contributed by atoms with Crippen molar-refractivity contribution in [3.63, 3.8) is 0 Å². The highest BCUT2D eigenvalue weighted by Gasteiger charge is 2.32. The van der Waals surface area contributed by atoms with Crippen LogP contribution in [0.3, 0.4) is 0 Å². The zero-order valence-electron chi connectivity index (χ0n) is 67.6. The van der Waals surface area contributed by atoms with Crippen LogP contribution in [0.2, 0.25) is 0 Å². The largest absolute Gasteiger partial charge is 0.480 e. The van der Waals surface area contributed by atoms with Crippen molar-refractivity contribution in [2.24, 2.45) is 11.8 Å². The third-order valence-corrected chi connectivity index (χ3v) is 20.4. The fraction of sp³-hybridized carbons (Fsp3) is 0.893. The molecule has 0 spiro atoms. The van der Waals surface area contributed by atoms with Crippen LogP contribution in [-0.4, -0.2) is 185 Å². The monoisotopic (exact) mass is 1510 g/mol. The average Bonchev–Trinajstić information content (AvgIpc) is 0.875. The van der Waals surface area contributed by atoms with Gasteiger partial charge in [0.15, 0.2) is 6.10 Å². The summed E-state index contributed by atoms with van der Waals surface area (Å²) in [5.74, 6) is -9.16. The molecule has 0 saturated carbocycles. The second-order valence-electron chi connectivity index (χ2n) is 30.3. The molecule has 1 amide bonds. The summed E-state index contributed by atoms with van der Waals surface area (Å²) in [4.78, 5) is 118. The molecule has 6 N–H and O–H groups in total. The molecule has 0 heterocycles. The highest BCUT2D eigenvalue weighted by Crippen LogP contribution is 2.26. The fourth-order valence-corrected chi connectivity index (χ4v) is 13.9. The van der Waals surface area contributed by atoms with Crippen LogP contribution < -0.4 is 5.32 Å². The number of hydrogen-bond acceptors (Lipinski definition) is 16. The zero-order chi connectivity index (χ0) is 78.1. The molecule has 0 bridgehead atoms. The molecule has 22 nitrogen and oxygen atoms in total. The van der Waals surface area contributed by atoms with E-state index in [0.717, 1.165) is 99.7 Å². The van der Waals surface area contributed by atoms with Gasteiger partial charge in [-0.3, -0.25) is 53.1 Å². The van der Waals surface area contributed by atoms with Crippen LogP contribution in [0.1, 0.15) is 381 Å². The SMILES string of the molecule is CCCCCCCCCCCCCCC(CCCCCCCCCCCCCC)C(=O)OCC(COC(=O)NCCCCOC(=O)CC(C(=O)O)N(CCN(CC(=O)O)CC(=O)O)CCN(CC(=O)O)CC(=O)O)OC(=O)C(CCCCCCCCCCCCCC)CCCCCCCCCCCCCC. The maximum Gasteiger partial charge on any atom is 0.407 e. The lowest BCUT2D eigenvalue weighted by Crippen LogP contribution is -2.50. The second kappa shape index (κ2) is 74.0. The molecule has 0 aliphatic rings. The predicted octanol–water partition coefficient (Wildman–Crippen LogP) is 19.2. The Balaban J connectivity index is 6.40. The molecule has 0 aliphatic heterocycles. The van der Waals surface area contributed by atoms with Gasteiger partial charge in [-0.2, -0.15) is 0 Å². The van der Waals surface area contributed by atoms with Gasteiger partial charge in [0.2, 0.25) is 0 Å². The number of carbonyl (C=O) groups is 9. The van der Waals surface area contributed by atoms with Gasteiger partial charge in [-0.1, -0.05) is 336 Å². The van der Waals surface area contributed by atoms with Gasteiger partial charge in [-0.25, -0.2) is 4.79 Å². The molecule has 2 atom stereocenters. The topological polar surface area (TPSA) is 313 Å². The molecule has 106 heavy (non-hydrogen) atoms. The summed E-state index contributed by atoms with van der Waals surface area (Å²) in [6, 6.07) is -1.62. The van der Waals surface area contributed by atoms with E-state index in [1.165, 1.54) is 236 Å². The summed E-state index contributed by atoms with van der Waals surface area (Å²) in [6.45, 7) is 4.28. The third kappa shape index (κ3) is 65.9. The number of rotatable bonds is 82. The minimum atomic E-state index is -1.62. The first-order chi connectivity index (χ1) is 51.4. The number of esters is 3. The Kier molecular flexibility index (Phi) is 70.5. The van der Waals surface area contributed by atoms with Crippen molar-refractivity contribution in [2.45, 2.75) is 393 Å². The number of ether oxygens (including phenoxy) is 4. The van der Waals surface area contributed by atoms with Crippen LogP contribution in [0, 0.1) is 11.8 Å². The Morgan fingerprint density at radius 3 is 0.896 bits per heavy atom. The van der Waals surface area contributed by atoms with E-state index in [9.17, 15) is 68.7 Å². The fourth-order valence-electron chi connectivity index (χ4n) is 13.9. The first kappa shape index (κ1) is 101. The Labute approximate surface area is 642 Å². The number of nitrogens with one attached hydrogen (secondary N) is 1. The Bertz CT molecular complexity index is 2050. The van der Waals surface area contributed by atoms with E-state index in [4.69, 9.17) is 18.9 Å². The van der Waals surface area contributed by atoms with Crippen LogP contribution in [0.15, 0.2) is 0 Å². The third-order valence-electron chi connectivity index (χ3n) is 20.4. The van der Waals surface area contributed by atoms with Crippen molar-refractivity contribution in [3.05, 3.63) is 0 Å². The minimum absolute atomic E-state index is 0.0772. The molecule has 0 saturated heterocycles. The van der Waals surface area contributed by atoms with Gasteiger partial charge in [0.1, 0.15) is 19.3 Å². The van der Waals surface area contributed by atoms with Gasteiger partial charge in [0.25, 0.3) is 0 Å². The van der Waals surface area contributed by atoms with E-state index in [1.807, 2.05) is 0 Å². The van der Waals surface area contributed by atoms with E-state index in [-0.39, 0.29) is 82.7 Å². The number of unbranched alkanes of at least 4 members (excludes halogenated alkanes) is 45. The molecular weight excluding hydrogens is 1350 g/mol. The number of amides is 1. The zero-order valence-corrected chi connectivity index (χ0v) is 67.6. The molecule has 22 heteroatoms. The molecule has 0 fully saturated rings. The molecule has 0 rings (SSSR count). The second-order valence-corrected chi connectivity index (χ2v) is 30.3. The van der Waals surface area contributed by atoms with Crippen LogP contribution in [0.4, 0.5) is 4.79 Å². The molecule has 0 radical (unpaired) electrons. The van der Waals surface area contributed by atoms with Crippen LogP contribution in [-0.2, 0) is 57.3 Å². The van der Waals surface area contributed by atoms with Crippen molar-refractivity contribution in [3.8, 4) is 0 Å². The van der Waals surface area contributed by atoms with Gasteiger partial charge < -0.3 is 49.8 Å². The van der Waals surface area contributed by atoms with E-state index < -0.39 is 86.7 Å². The summed E-state index contributed by atoms with van der Waals surface area (Å²) in [7, 11) is 0. The Morgan fingerprint density at radius 1 is 0.321 bits per heavy atom. The number of carboxylic acid groups (broad SMARTS) is 5. The molecule has 620 valence electrons. The molecule has 0 aromatic rings. The van der Waals surface area contributed by atoms with Gasteiger partial charge in [0, 0.05) is 32.7 Å². The minimum Gasteiger partial charge on any atom is -0.480 e. The molecular formula is C84H156N4O18. The van der Waals surface area contributed by atoms with E-state index in [0.29, 0.717) is 19.3 Å². The van der Waals surface area contributed by atoms with E-state index in [1.54, 1.807) is 0 Å². The molecule has 2 unspecified atom stereocenters. The van der Waals surface area contributed by atoms with E-state index in [2.05, 4.69) is 33.0 Å². The van der Waals surface area contributed by atoms with Crippen molar-refractivity contribution >= 4 is 53.8 Å². The lowest BCUT2D eigenvalue weighted by Gasteiger charge is -2.32. The quantitative estimate of drug-likeness (QED) is 0.0187. The Hall–Kier alpha value is -5.09. The summed E-state index contributed by atoms with van der Waals surface area (Å²) >= 11 is 0. The Morgan fingerprint density at radius 2 is 0.604 bits per heavy atom. The van der Waals surface area contributed by atoms with Gasteiger partial charge >= 0.3 is 53.8 Å². The lowest BCUT2D eigenvalue weighted by atomic mass is 9.94. The average molecular weight is 1510 g/mol. The summed E-state index contributed by atoms with van der Waals surface area (Å²) in [6.07, 6.45) is 59.0. The maximum absolute atomic E-state index is 14.5. The van der Waals surface area contributed by atoms with Gasteiger partial charge in [0.05, 0.1) is 51.0 Å². The molecule has 0 aromatic carbocycles. The number of nitrogens with zero attached hydrogens (tertiary/aromatic N) is 3. The number of carboxylic acids is 5. The summed E-state index contributed by atoms with van der Waals surface area (Å²) in [5.41, 5.74) is 0. The smallest absolute Gasteiger partial charge is 0.407 e. The van der Waals surface area contributed by atoms with Crippen molar-refractivity contribution in [1.29, 1.82) is 0 Å². The number of aliphatic carboxylic acids is 5. The van der Waals surface area contributed by atoms with Crippen molar-refractivity contribution in [2.75, 3.05) is 78.7 Å². The number of carbonyl (C=O) groups excluding carboxylic acids is 4. The molecule has 0 aliphatic carbocycles. The predicted molar refractivity (Wildman–Crippen MR) is 421 cm³/mol. The van der Waals surface area contributed by atoms with Crippen molar-refractivity contribution < 1.29 is 87.6 Å². The van der Waals surface area contributed by atoms with Gasteiger partial charge in [-0.05, 0) is 38.5 Å². The number of alkyl carbamates (subject to hydrolysis) is 1. The maximum atomic E-state index is 14.5. The summed E-state index contributed by atoms with van der Waals surface area (Å²) < 4.78 is 23.6. The lowest BCUT2D eigenvalue weighted by molar-refractivity contribution is -0.167. The van der Waals surface area contributed by atoms with Crippen LogP contribution in [0.25, 0.3) is 0 Å². The number of hydrogen-bond donors (Lipinski definition) is 6. The highest BCUT2D eigenvalue weighted by molar-refractivity contribution is 5.81. The van der Waals surface area contributed by atoms with Crippen LogP contribution in [0.5, 0.6) is 0 Å². The van der Waals surface area contributed by atoms with E-state index >= 15 is 0 Å².